The van der Waals surface area contributed by atoms with Crippen LogP contribution >= 0.6 is 0 Å². The van der Waals surface area contributed by atoms with Crippen molar-refractivity contribution in [2.24, 2.45) is 35.5 Å². The summed E-state index contributed by atoms with van der Waals surface area (Å²) in [4.78, 5) is 24.5. The van der Waals surface area contributed by atoms with Gasteiger partial charge < -0.3 is 14.2 Å². The average molecular weight is 306 g/mol. The summed E-state index contributed by atoms with van der Waals surface area (Å²) < 4.78 is 16.2. The minimum Gasteiger partial charge on any atom is -0.466 e. The molecule has 6 bridgehead atoms. The molecule has 0 aromatic carbocycles. The van der Waals surface area contributed by atoms with Gasteiger partial charge in [0, 0.05) is 17.8 Å². The van der Waals surface area contributed by atoms with Gasteiger partial charge >= 0.3 is 11.9 Å². The molecule has 5 heteroatoms. The number of esters is 2. The van der Waals surface area contributed by atoms with Gasteiger partial charge in [-0.25, -0.2) is 9.59 Å². The lowest BCUT2D eigenvalue weighted by Gasteiger charge is -2.28. The molecule has 0 aromatic rings. The molecule has 5 rings (SSSR count). The number of rotatable bonds is 3. The van der Waals surface area contributed by atoms with E-state index in [0.717, 1.165) is 0 Å². The van der Waals surface area contributed by atoms with Gasteiger partial charge in [0.2, 0.25) is 0 Å². The molecule has 4 saturated carbocycles. The molecule has 0 heterocycles. The van der Waals surface area contributed by atoms with Crippen LogP contribution in [0.2, 0.25) is 0 Å². The van der Waals surface area contributed by atoms with Crippen molar-refractivity contribution in [3.8, 4) is 0 Å². The fourth-order valence-corrected chi connectivity index (χ4v) is 5.59. The average Bonchev–Trinajstić information content (AvgIpc) is 2.68. The molecule has 0 radical (unpaired) electrons. The van der Waals surface area contributed by atoms with Crippen LogP contribution in [-0.4, -0.2) is 37.9 Å². The van der Waals surface area contributed by atoms with Crippen molar-refractivity contribution < 1.29 is 23.8 Å². The topological polar surface area (TPSA) is 61.8 Å². The van der Waals surface area contributed by atoms with Crippen LogP contribution in [0.15, 0.2) is 11.1 Å². The van der Waals surface area contributed by atoms with Crippen molar-refractivity contribution in [1.82, 2.24) is 0 Å². The molecule has 22 heavy (non-hydrogen) atoms. The third-order valence-electron chi connectivity index (χ3n) is 5.87. The van der Waals surface area contributed by atoms with Crippen molar-refractivity contribution in [2.75, 3.05) is 14.2 Å². The number of methoxy groups -OCH3 is 2. The van der Waals surface area contributed by atoms with Gasteiger partial charge in [-0.1, -0.05) is 0 Å². The van der Waals surface area contributed by atoms with E-state index in [0.29, 0.717) is 28.9 Å². The fourth-order valence-electron chi connectivity index (χ4n) is 5.59. The van der Waals surface area contributed by atoms with E-state index in [1.807, 2.05) is 0 Å². The second-order valence-electron chi connectivity index (χ2n) is 7.87. The van der Waals surface area contributed by atoms with E-state index in [9.17, 15) is 9.59 Å². The highest BCUT2D eigenvalue weighted by Gasteiger charge is 2.83. The molecule has 120 valence electrons. The number of hydrogen-bond donors (Lipinski definition) is 0. The summed E-state index contributed by atoms with van der Waals surface area (Å²) in [5.41, 5.74) is 0.909. The molecular weight excluding hydrogens is 284 g/mol. The van der Waals surface area contributed by atoms with Gasteiger partial charge in [-0.2, -0.15) is 0 Å². The maximum Gasteiger partial charge on any atom is 0.334 e. The molecule has 0 aromatic heterocycles. The Labute approximate surface area is 130 Å². The smallest absolute Gasteiger partial charge is 0.334 e. The Morgan fingerprint density at radius 3 is 1.64 bits per heavy atom. The zero-order valence-electron chi connectivity index (χ0n) is 13.6. The first-order chi connectivity index (χ1) is 10.3. The molecule has 5 aliphatic rings. The van der Waals surface area contributed by atoms with Crippen molar-refractivity contribution in [3.05, 3.63) is 11.1 Å². The van der Waals surface area contributed by atoms with Crippen molar-refractivity contribution in [2.45, 2.75) is 32.5 Å². The summed E-state index contributed by atoms with van der Waals surface area (Å²) in [5, 5.41) is 0. The first-order valence-electron chi connectivity index (χ1n) is 7.90. The Balaban J connectivity index is 1.72. The number of carbonyl (C=O) groups excluding carboxylic acids is 2. The van der Waals surface area contributed by atoms with Crippen LogP contribution in [-0.2, 0) is 23.8 Å². The quantitative estimate of drug-likeness (QED) is 0.741. The number of carbonyl (C=O) groups is 2. The van der Waals surface area contributed by atoms with Gasteiger partial charge in [0.25, 0.3) is 0 Å². The standard InChI is InChI=1S/C17H22O5/c1-17(2,3)22-14-10-6-7(10)9-11(14)8(6)12(15(18)20-4)13(9)16(19)21-5/h6-11,14H,1-5H3/t6-,7-,8-,9-,10?,11?,14+/m1/s1. The van der Waals surface area contributed by atoms with E-state index >= 15 is 0 Å². The van der Waals surface area contributed by atoms with Crippen LogP contribution in [0.1, 0.15) is 20.8 Å². The Bertz CT molecular complexity index is 559. The van der Waals surface area contributed by atoms with Crippen molar-refractivity contribution in [1.29, 1.82) is 0 Å². The number of ether oxygens (including phenoxy) is 3. The van der Waals surface area contributed by atoms with Crippen molar-refractivity contribution >= 4 is 11.9 Å². The lowest BCUT2D eigenvalue weighted by molar-refractivity contribution is -0.140. The molecule has 0 N–H and O–H groups in total. The molecule has 0 unspecified atom stereocenters. The Morgan fingerprint density at radius 1 is 0.818 bits per heavy atom. The SMILES string of the molecule is COC(=O)C1=C(C(=O)OC)[C@H]2C3[C@@H](OC(C)(C)C)C4[C@H]([C@@H]42)[C@@H]13. The predicted octanol–water partition coefficient (Wildman–Crippen LogP) is 1.56. The van der Waals surface area contributed by atoms with Crippen LogP contribution in [0.25, 0.3) is 0 Å². The third-order valence-corrected chi connectivity index (χ3v) is 5.87. The van der Waals surface area contributed by atoms with E-state index < -0.39 is 0 Å². The maximum atomic E-state index is 12.2. The first-order valence-corrected chi connectivity index (χ1v) is 7.90. The van der Waals surface area contributed by atoms with Crippen LogP contribution in [0.3, 0.4) is 0 Å². The Morgan fingerprint density at radius 2 is 1.27 bits per heavy atom. The maximum absolute atomic E-state index is 12.2. The summed E-state index contributed by atoms with van der Waals surface area (Å²) in [7, 11) is 2.74. The molecule has 0 spiro atoms. The predicted molar refractivity (Wildman–Crippen MR) is 76.6 cm³/mol. The first kappa shape index (κ1) is 14.2. The van der Waals surface area contributed by atoms with E-state index in [2.05, 4.69) is 20.8 Å². The Hall–Kier alpha value is -1.36. The van der Waals surface area contributed by atoms with Crippen LogP contribution < -0.4 is 0 Å². The van der Waals surface area contributed by atoms with Gasteiger partial charge in [0.1, 0.15) is 0 Å². The lowest BCUT2D eigenvalue weighted by atomic mass is 9.92. The van der Waals surface area contributed by atoms with E-state index in [1.54, 1.807) is 0 Å². The third kappa shape index (κ3) is 1.53. The van der Waals surface area contributed by atoms with E-state index in [-0.39, 0.29) is 41.4 Å². The lowest BCUT2D eigenvalue weighted by Crippen LogP contribution is -2.32. The highest BCUT2D eigenvalue weighted by molar-refractivity contribution is 6.03. The zero-order valence-corrected chi connectivity index (χ0v) is 13.6. The van der Waals surface area contributed by atoms with Gasteiger partial charge in [-0.15, -0.1) is 0 Å². The summed E-state index contributed by atoms with van der Waals surface area (Å²) in [6.45, 7) is 6.16. The molecule has 5 aliphatic carbocycles. The van der Waals surface area contributed by atoms with E-state index in [1.165, 1.54) is 14.2 Å². The largest absolute Gasteiger partial charge is 0.466 e. The minimum atomic E-state index is -0.376. The minimum absolute atomic E-state index is 0.119. The molecule has 5 atom stereocenters. The van der Waals surface area contributed by atoms with Crippen molar-refractivity contribution in [3.63, 3.8) is 0 Å². The van der Waals surface area contributed by atoms with Crippen LogP contribution in [0, 0.1) is 35.5 Å². The van der Waals surface area contributed by atoms with Gasteiger partial charge in [0.05, 0.1) is 37.1 Å². The zero-order chi connectivity index (χ0) is 16.0. The summed E-state index contributed by atoms with van der Waals surface area (Å²) in [6.07, 6.45) is 0.145. The highest BCUT2D eigenvalue weighted by Crippen LogP contribution is 2.82. The summed E-state index contributed by atoms with van der Waals surface area (Å²) >= 11 is 0. The van der Waals surface area contributed by atoms with Gasteiger partial charge in [0.15, 0.2) is 0 Å². The normalized spacial score (nSPS) is 43.6. The van der Waals surface area contributed by atoms with Gasteiger partial charge in [-0.3, -0.25) is 0 Å². The monoisotopic (exact) mass is 306 g/mol. The molecule has 0 saturated heterocycles. The molecule has 4 fully saturated rings. The van der Waals surface area contributed by atoms with Gasteiger partial charge in [-0.05, 0) is 38.5 Å². The van der Waals surface area contributed by atoms with E-state index in [4.69, 9.17) is 14.2 Å². The Kier molecular flexibility index (Phi) is 2.68. The molecule has 5 nitrogen and oxygen atoms in total. The molecule has 0 amide bonds. The fraction of sp³-hybridized carbons (Fsp3) is 0.765. The summed E-state index contributed by atoms with van der Waals surface area (Å²) in [6, 6.07) is 0. The second-order valence-corrected chi connectivity index (χ2v) is 7.87. The molecular formula is C17H22O5. The second kappa shape index (κ2) is 4.13. The van der Waals surface area contributed by atoms with Crippen LogP contribution in [0.4, 0.5) is 0 Å². The van der Waals surface area contributed by atoms with Crippen LogP contribution in [0.5, 0.6) is 0 Å². The summed E-state index contributed by atoms with van der Waals surface area (Å²) in [5.74, 6) is 1.19. The number of hydrogen-bond acceptors (Lipinski definition) is 5. The highest BCUT2D eigenvalue weighted by atomic mass is 16.5. The molecule has 0 aliphatic heterocycles.